The molecule has 0 saturated heterocycles. The SMILES string of the molecule is CC/C=C\C/C=C\C/C=C\C/C=C\C/C=C\C/C=C\C/C=C\C/C=C\CCCCCCC(=O)NC(CO)C(O)/C=C/CC/C=C/CC/C=C/CCCCCCCCCCCCCCCCCCCCCCC. The van der Waals surface area contributed by atoms with Gasteiger partial charge in [-0.2, -0.15) is 0 Å². The largest absolute Gasteiger partial charge is 0.394 e. The number of hydrogen-bond acceptors (Lipinski definition) is 3. The van der Waals surface area contributed by atoms with Gasteiger partial charge in [-0.05, 0) is 109 Å². The highest BCUT2D eigenvalue weighted by Crippen LogP contribution is 2.16. The molecule has 0 aromatic carbocycles. The maximum Gasteiger partial charge on any atom is 0.220 e. The Hall–Kier alpha value is -3.47. The van der Waals surface area contributed by atoms with Gasteiger partial charge >= 0.3 is 0 Å². The Balaban J connectivity index is 3.66. The first-order chi connectivity index (χ1) is 35.7. The fourth-order valence-electron chi connectivity index (χ4n) is 8.52. The minimum absolute atomic E-state index is 0.106. The summed E-state index contributed by atoms with van der Waals surface area (Å²) in [6.45, 7) is 4.18. The van der Waals surface area contributed by atoms with Crippen molar-refractivity contribution in [3.8, 4) is 0 Å². The molecule has 2 atom stereocenters. The Kier molecular flexibility index (Phi) is 58.8. The maximum atomic E-state index is 12.5. The quantitative estimate of drug-likeness (QED) is 0.0420. The van der Waals surface area contributed by atoms with E-state index in [4.69, 9.17) is 0 Å². The van der Waals surface area contributed by atoms with E-state index >= 15 is 0 Å². The second-order valence-electron chi connectivity index (χ2n) is 20.0. The highest BCUT2D eigenvalue weighted by atomic mass is 16.3. The number of aliphatic hydroxyl groups excluding tert-OH is 2. The summed E-state index contributed by atoms with van der Waals surface area (Å²) >= 11 is 0. The molecule has 72 heavy (non-hydrogen) atoms. The summed E-state index contributed by atoms with van der Waals surface area (Å²) in [7, 11) is 0. The minimum Gasteiger partial charge on any atom is -0.394 e. The van der Waals surface area contributed by atoms with Gasteiger partial charge in [0.05, 0.1) is 18.8 Å². The molecule has 0 aliphatic rings. The number of carbonyl (C=O) groups excluding carboxylic acids is 1. The number of carbonyl (C=O) groups is 1. The molecule has 0 rings (SSSR count). The van der Waals surface area contributed by atoms with Crippen LogP contribution in [-0.4, -0.2) is 34.9 Å². The molecule has 0 aliphatic carbocycles. The van der Waals surface area contributed by atoms with E-state index in [-0.39, 0.29) is 12.5 Å². The van der Waals surface area contributed by atoms with Crippen molar-refractivity contribution in [2.45, 2.75) is 283 Å². The van der Waals surface area contributed by atoms with Gasteiger partial charge in [0.2, 0.25) is 5.91 Å². The number of nitrogens with one attached hydrogen (secondary N) is 1. The van der Waals surface area contributed by atoms with E-state index in [1.54, 1.807) is 6.08 Å². The van der Waals surface area contributed by atoms with Crippen LogP contribution in [0.4, 0.5) is 0 Å². The molecule has 3 N–H and O–H groups in total. The van der Waals surface area contributed by atoms with Crippen molar-refractivity contribution >= 4 is 5.91 Å². The minimum atomic E-state index is -0.893. The van der Waals surface area contributed by atoms with Gasteiger partial charge in [0.15, 0.2) is 0 Å². The predicted molar refractivity (Wildman–Crippen MR) is 322 cm³/mol. The summed E-state index contributed by atoms with van der Waals surface area (Å²) in [6.07, 6.45) is 96.3. The number of allylic oxidation sites excluding steroid dienone is 21. The van der Waals surface area contributed by atoms with Crippen molar-refractivity contribution in [2.75, 3.05) is 6.61 Å². The molecule has 0 aromatic heterocycles. The number of hydrogen-bond donors (Lipinski definition) is 3. The second kappa shape index (κ2) is 61.8. The molecule has 0 aliphatic heterocycles. The van der Waals surface area contributed by atoms with Crippen molar-refractivity contribution in [3.05, 3.63) is 134 Å². The average Bonchev–Trinajstić information content (AvgIpc) is 3.39. The second-order valence-corrected chi connectivity index (χ2v) is 20.0. The van der Waals surface area contributed by atoms with Crippen LogP contribution in [0.3, 0.4) is 0 Å². The van der Waals surface area contributed by atoms with Crippen LogP contribution in [0.1, 0.15) is 271 Å². The molecule has 0 radical (unpaired) electrons. The zero-order valence-electron chi connectivity index (χ0n) is 47.2. The lowest BCUT2D eigenvalue weighted by molar-refractivity contribution is -0.123. The highest BCUT2D eigenvalue weighted by molar-refractivity contribution is 5.76. The zero-order valence-corrected chi connectivity index (χ0v) is 47.2. The summed E-state index contributed by atoms with van der Waals surface area (Å²) < 4.78 is 0. The third-order valence-electron chi connectivity index (χ3n) is 13.1. The van der Waals surface area contributed by atoms with Crippen molar-refractivity contribution in [2.24, 2.45) is 0 Å². The number of amides is 1. The Bertz CT molecular complexity index is 1450. The van der Waals surface area contributed by atoms with Crippen LogP contribution in [0.15, 0.2) is 134 Å². The third kappa shape index (κ3) is 57.4. The molecule has 4 nitrogen and oxygen atoms in total. The molecule has 0 heterocycles. The lowest BCUT2D eigenvalue weighted by Crippen LogP contribution is -2.45. The topological polar surface area (TPSA) is 69.6 Å². The van der Waals surface area contributed by atoms with Crippen LogP contribution in [0.5, 0.6) is 0 Å². The van der Waals surface area contributed by atoms with Crippen LogP contribution >= 0.6 is 0 Å². The molecule has 0 aromatic rings. The molecule has 1 amide bonds. The molecular weight excluding hydrogens is 879 g/mol. The predicted octanol–water partition coefficient (Wildman–Crippen LogP) is 20.6. The van der Waals surface area contributed by atoms with Crippen molar-refractivity contribution in [1.29, 1.82) is 0 Å². The summed E-state index contributed by atoms with van der Waals surface area (Å²) in [5, 5.41) is 23.2. The van der Waals surface area contributed by atoms with Gasteiger partial charge in [0.1, 0.15) is 0 Å². The lowest BCUT2D eigenvalue weighted by Gasteiger charge is -2.19. The van der Waals surface area contributed by atoms with Gasteiger partial charge in [-0.15, -0.1) is 0 Å². The third-order valence-corrected chi connectivity index (χ3v) is 13.1. The van der Waals surface area contributed by atoms with Crippen LogP contribution in [0.2, 0.25) is 0 Å². The maximum absolute atomic E-state index is 12.5. The van der Waals surface area contributed by atoms with Gasteiger partial charge in [-0.1, -0.05) is 289 Å². The molecule has 0 bridgehead atoms. The Morgan fingerprint density at radius 2 is 0.625 bits per heavy atom. The highest BCUT2D eigenvalue weighted by Gasteiger charge is 2.17. The average molecular weight is 995 g/mol. The van der Waals surface area contributed by atoms with E-state index in [1.165, 1.54) is 141 Å². The molecule has 410 valence electrons. The van der Waals surface area contributed by atoms with Crippen LogP contribution in [0, 0.1) is 0 Å². The van der Waals surface area contributed by atoms with E-state index < -0.39 is 12.1 Å². The summed E-state index contributed by atoms with van der Waals surface area (Å²) in [5.41, 5.74) is 0. The zero-order chi connectivity index (χ0) is 52.0. The van der Waals surface area contributed by atoms with Gasteiger partial charge < -0.3 is 15.5 Å². The van der Waals surface area contributed by atoms with Gasteiger partial charge in [0, 0.05) is 6.42 Å². The normalized spacial score (nSPS) is 13.8. The van der Waals surface area contributed by atoms with Crippen LogP contribution in [0.25, 0.3) is 0 Å². The van der Waals surface area contributed by atoms with E-state index in [0.717, 1.165) is 109 Å². The van der Waals surface area contributed by atoms with E-state index in [1.807, 2.05) is 6.08 Å². The van der Waals surface area contributed by atoms with Crippen molar-refractivity contribution in [3.63, 3.8) is 0 Å². The number of rotatable bonds is 54. The monoisotopic (exact) mass is 994 g/mol. The molecule has 0 fully saturated rings. The standard InChI is InChI=1S/C68H115NO3/c1-3-5-7-9-11-13-15-17-19-21-23-25-27-29-31-33-34-36-37-39-41-43-45-47-49-51-53-55-57-59-61-63-67(71)66(65-70)69-68(72)64-62-60-58-56-54-52-50-48-46-44-42-40-38-35-32-30-28-26-24-22-20-18-16-14-12-10-8-6-4-2/h6,8,12,14,18,20,24,26,30,32,38,40,44-47,50,52-53,55,61,63,66-67,70-71H,3-5,7,9-11,13,15-17,19,21-23,25,27-29,31,33-37,39,41-43,48-49,51,54,56-60,62,64-65H2,1-2H3,(H,69,72)/b8-6-,14-12-,20-18-,26-24-,32-30-,40-38-,46-44-,47-45+,52-50-,55-53+,63-61+. The molecule has 4 heteroatoms. The van der Waals surface area contributed by atoms with E-state index in [2.05, 4.69) is 141 Å². The van der Waals surface area contributed by atoms with E-state index in [0.29, 0.717) is 6.42 Å². The first-order valence-electron chi connectivity index (χ1n) is 30.4. The fraction of sp³-hybridized carbons (Fsp3) is 0.662. The van der Waals surface area contributed by atoms with Gasteiger partial charge in [0.25, 0.3) is 0 Å². The Labute approximate surface area is 447 Å². The lowest BCUT2D eigenvalue weighted by atomic mass is 10.0. The van der Waals surface area contributed by atoms with E-state index in [9.17, 15) is 15.0 Å². The molecule has 2 unspecified atom stereocenters. The number of unbranched alkanes of at least 4 members (excludes halogenated alkanes) is 27. The summed E-state index contributed by atoms with van der Waals surface area (Å²) in [6, 6.07) is -0.672. The fourth-order valence-corrected chi connectivity index (χ4v) is 8.52. The number of aliphatic hydroxyl groups is 2. The first kappa shape index (κ1) is 68.5. The molecular formula is C68H115NO3. The first-order valence-corrected chi connectivity index (χ1v) is 30.4. The van der Waals surface area contributed by atoms with Crippen molar-refractivity contribution in [1.82, 2.24) is 5.32 Å². The Morgan fingerprint density at radius 1 is 0.347 bits per heavy atom. The summed E-state index contributed by atoms with van der Waals surface area (Å²) in [5.74, 6) is -0.106. The van der Waals surface area contributed by atoms with Crippen molar-refractivity contribution < 1.29 is 15.0 Å². The Morgan fingerprint density at radius 3 is 0.972 bits per heavy atom. The van der Waals surface area contributed by atoms with Gasteiger partial charge in [-0.3, -0.25) is 4.79 Å². The van der Waals surface area contributed by atoms with Crippen LogP contribution in [-0.2, 0) is 4.79 Å². The summed E-state index contributed by atoms with van der Waals surface area (Å²) in [4.78, 5) is 12.5. The van der Waals surface area contributed by atoms with Gasteiger partial charge in [-0.25, -0.2) is 0 Å². The van der Waals surface area contributed by atoms with Crippen LogP contribution < -0.4 is 5.32 Å². The molecule has 0 saturated carbocycles. The smallest absolute Gasteiger partial charge is 0.220 e. The molecule has 0 spiro atoms.